The first kappa shape index (κ1) is 13.9. The summed E-state index contributed by atoms with van der Waals surface area (Å²) in [5, 5.41) is 0. The summed E-state index contributed by atoms with van der Waals surface area (Å²) in [7, 11) is 0. The summed E-state index contributed by atoms with van der Waals surface area (Å²) >= 11 is 0. The number of rotatable bonds is 4. The van der Waals surface area contributed by atoms with Crippen LogP contribution in [0.5, 0.6) is 0 Å². The van der Waals surface area contributed by atoms with Crippen LogP contribution in [0, 0.1) is 26.0 Å². The Morgan fingerprint density at radius 2 is 1.16 bits per heavy atom. The van der Waals surface area contributed by atoms with Crippen LogP contribution in [-0.4, -0.2) is 0 Å². The number of hydrogen-bond acceptors (Lipinski definition) is 0. The first-order valence-electron chi connectivity index (χ1n) is 7.14. The van der Waals surface area contributed by atoms with Gasteiger partial charge in [0.25, 0.3) is 0 Å². The molecule has 0 bridgehead atoms. The van der Waals surface area contributed by atoms with Crippen LogP contribution in [-0.2, 0) is 19.3 Å². The Morgan fingerprint density at radius 1 is 0.737 bits per heavy atom. The van der Waals surface area contributed by atoms with Crippen LogP contribution in [0.4, 0.5) is 0 Å². The predicted molar refractivity (Wildman–Crippen MR) is 81.6 cm³/mol. The molecule has 98 valence electrons. The molecule has 0 unspecified atom stereocenters. The molecule has 0 aliphatic rings. The molecule has 19 heavy (non-hydrogen) atoms. The number of benzene rings is 2. The van der Waals surface area contributed by atoms with E-state index in [1.54, 1.807) is 0 Å². The minimum absolute atomic E-state index is 1.00. The van der Waals surface area contributed by atoms with E-state index in [4.69, 9.17) is 0 Å². The molecule has 0 aromatic heterocycles. The van der Waals surface area contributed by atoms with Crippen molar-refractivity contribution in [2.75, 3.05) is 0 Å². The van der Waals surface area contributed by atoms with E-state index in [2.05, 4.69) is 64.1 Å². The number of hydrogen-bond donors (Lipinski definition) is 0. The quantitative estimate of drug-likeness (QED) is 0.742. The van der Waals surface area contributed by atoms with Crippen LogP contribution in [0.2, 0.25) is 0 Å². The van der Waals surface area contributed by atoms with E-state index in [0.717, 1.165) is 19.3 Å². The summed E-state index contributed by atoms with van der Waals surface area (Å²) in [4.78, 5) is 0. The molecule has 2 rings (SSSR count). The van der Waals surface area contributed by atoms with Crippen molar-refractivity contribution in [1.82, 2.24) is 0 Å². The Bertz CT molecular complexity index is 513. The molecule has 0 nitrogen and oxygen atoms in total. The van der Waals surface area contributed by atoms with Crippen LogP contribution in [0.1, 0.15) is 47.2 Å². The lowest BCUT2D eigenvalue weighted by molar-refractivity contribution is 1.07. The van der Waals surface area contributed by atoms with Crippen molar-refractivity contribution >= 4 is 0 Å². The topological polar surface area (TPSA) is 0 Å². The Labute approximate surface area is 117 Å². The largest absolute Gasteiger partial charge is 0.0613 e. The Balaban J connectivity index is 2.30. The zero-order valence-corrected chi connectivity index (χ0v) is 12.4. The average Bonchev–Trinajstić information content (AvgIpc) is 2.37. The van der Waals surface area contributed by atoms with Crippen molar-refractivity contribution in [3.63, 3.8) is 0 Å². The van der Waals surface area contributed by atoms with Gasteiger partial charge in [-0.1, -0.05) is 38.1 Å². The van der Waals surface area contributed by atoms with E-state index in [1.807, 2.05) is 0 Å². The predicted octanol–water partition coefficient (Wildman–Crippen LogP) is 4.62. The van der Waals surface area contributed by atoms with Crippen molar-refractivity contribution in [3.05, 3.63) is 69.8 Å². The minimum atomic E-state index is 1.00. The van der Waals surface area contributed by atoms with Crippen molar-refractivity contribution in [1.29, 1.82) is 0 Å². The highest BCUT2D eigenvalue weighted by molar-refractivity contribution is 5.35. The Kier molecular flexibility index (Phi) is 4.42. The van der Waals surface area contributed by atoms with Gasteiger partial charge in [-0.05, 0) is 78.6 Å². The summed E-state index contributed by atoms with van der Waals surface area (Å²) < 4.78 is 0. The van der Waals surface area contributed by atoms with Crippen molar-refractivity contribution in [2.45, 2.75) is 47.0 Å². The third kappa shape index (κ3) is 3.70. The molecule has 0 atom stereocenters. The maximum atomic E-state index is 3.41. The van der Waals surface area contributed by atoms with Gasteiger partial charge in [0, 0.05) is 0 Å². The van der Waals surface area contributed by atoms with Gasteiger partial charge in [0.2, 0.25) is 0 Å². The first-order chi connectivity index (χ1) is 9.10. The molecule has 0 fully saturated rings. The van der Waals surface area contributed by atoms with Gasteiger partial charge < -0.3 is 0 Å². The van der Waals surface area contributed by atoms with E-state index >= 15 is 0 Å². The second-order valence-electron chi connectivity index (χ2n) is 5.28. The summed E-state index contributed by atoms with van der Waals surface area (Å²) in [6.07, 6.45) is 3.11. The summed E-state index contributed by atoms with van der Waals surface area (Å²) in [5.74, 6) is 0. The summed E-state index contributed by atoms with van der Waals surface area (Å²) in [6.45, 7) is 8.63. The van der Waals surface area contributed by atoms with Gasteiger partial charge in [-0.3, -0.25) is 0 Å². The van der Waals surface area contributed by atoms with Crippen LogP contribution in [0.15, 0.2) is 24.3 Å². The van der Waals surface area contributed by atoms with Gasteiger partial charge in [-0.25, -0.2) is 0 Å². The Hall–Kier alpha value is -1.56. The van der Waals surface area contributed by atoms with Crippen molar-refractivity contribution < 1.29 is 0 Å². The van der Waals surface area contributed by atoms with Crippen molar-refractivity contribution in [3.8, 4) is 0 Å². The second-order valence-corrected chi connectivity index (χ2v) is 5.28. The fourth-order valence-electron chi connectivity index (χ4n) is 2.56. The average molecular weight is 250 g/mol. The van der Waals surface area contributed by atoms with E-state index in [9.17, 15) is 0 Å². The van der Waals surface area contributed by atoms with E-state index in [0.29, 0.717) is 0 Å². The molecular formula is C19H22. The molecular weight excluding hydrogens is 228 g/mol. The maximum Gasteiger partial charge on any atom is -0.00254 e. The van der Waals surface area contributed by atoms with Crippen LogP contribution in [0.3, 0.4) is 0 Å². The van der Waals surface area contributed by atoms with Gasteiger partial charge in [-0.2, -0.15) is 0 Å². The van der Waals surface area contributed by atoms with Crippen LogP contribution in [0.25, 0.3) is 0 Å². The molecule has 0 amide bonds. The van der Waals surface area contributed by atoms with Gasteiger partial charge in [0.1, 0.15) is 0 Å². The third-order valence-corrected chi connectivity index (χ3v) is 3.41. The van der Waals surface area contributed by atoms with Gasteiger partial charge >= 0.3 is 0 Å². The van der Waals surface area contributed by atoms with Gasteiger partial charge in [-0.15, -0.1) is 0 Å². The second kappa shape index (κ2) is 6.06. The van der Waals surface area contributed by atoms with Gasteiger partial charge in [0.05, 0.1) is 0 Å². The van der Waals surface area contributed by atoms with Crippen molar-refractivity contribution in [2.24, 2.45) is 0 Å². The highest BCUT2D eigenvalue weighted by Crippen LogP contribution is 2.17. The fourth-order valence-corrected chi connectivity index (χ4v) is 2.56. The molecule has 0 heterocycles. The van der Waals surface area contributed by atoms with E-state index < -0.39 is 0 Å². The summed E-state index contributed by atoms with van der Waals surface area (Å²) in [6, 6.07) is 15.9. The molecule has 2 radical (unpaired) electrons. The molecule has 0 spiro atoms. The zero-order chi connectivity index (χ0) is 13.8. The molecule has 0 heteroatoms. The van der Waals surface area contributed by atoms with Gasteiger partial charge in [0.15, 0.2) is 0 Å². The Morgan fingerprint density at radius 3 is 1.53 bits per heavy atom. The molecule has 2 aromatic carbocycles. The zero-order valence-electron chi connectivity index (χ0n) is 12.4. The molecule has 2 aromatic rings. The maximum absolute atomic E-state index is 3.41. The molecule has 0 N–H and O–H groups in total. The number of aryl methyl sites for hydroxylation is 4. The smallest absolute Gasteiger partial charge is 0.00254 e. The third-order valence-electron chi connectivity index (χ3n) is 3.41. The van der Waals surface area contributed by atoms with E-state index in [1.165, 1.54) is 33.4 Å². The molecule has 0 aliphatic carbocycles. The van der Waals surface area contributed by atoms with Crippen LogP contribution >= 0.6 is 0 Å². The fraction of sp³-hybridized carbons (Fsp3) is 0.368. The summed E-state index contributed by atoms with van der Waals surface area (Å²) in [5.41, 5.74) is 7.88. The molecule has 0 saturated heterocycles. The highest BCUT2D eigenvalue weighted by Gasteiger charge is 2.02. The van der Waals surface area contributed by atoms with Crippen LogP contribution < -0.4 is 0 Å². The van der Waals surface area contributed by atoms with E-state index in [-0.39, 0.29) is 0 Å². The minimum Gasteiger partial charge on any atom is -0.0613 e. The lowest BCUT2D eigenvalue weighted by Crippen LogP contribution is -1.95. The highest BCUT2D eigenvalue weighted by atomic mass is 14.1. The first-order valence-corrected chi connectivity index (χ1v) is 7.14. The molecule has 0 aliphatic heterocycles. The normalized spacial score (nSPS) is 10.7. The lowest BCUT2D eigenvalue weighted by Gasteiger charge is -2.08. The lowest BCUT2D eigenvalue weighted by atomic mass is 9.96. The standard InChI is InChI=1S/C19H22/c1-5-16-7-14(3)9-18(11-16)13-19-10-15(4)8-17(6-2)12-19/h9-12H,5-6,13H2,1-4H3. The molecule has 0 saturated carbocycles. The SMILES string of the molecule is CCc1[c]c(C)cc(Cc2cc(C)[c]c(CC)c2)c1. The monoisotopic (exact) mass is 250 g/mol.